The number of aromatic nitrogens is 4. The zero-order chi connectivity index (χ0) is 17.8. The summed E-state index contributed by atoms with van der Waals surface area (Å²) in [4.78, 5) is 12.3. The first-order valence-electron chi connectivity index (χ1n) is 8.16. The molecule has 0 saturated heterocycles. The maximum atomic E-state index is 12.3. The van der Waals surface area contributed by atoms with Crippen molar-refractivity contribution in [3.05, 3.63) is 59.7 Å². The lowest BCUT2D eigenvalue weighted by atomic mass is 10.1. The van der Waals surface area contributed by atoms with Gasteiger partial charge in [-0.3, -0.25) is 9.47 Å². The summed E-state index contributed by atoms with van der Waals surface area (Å²) in [6.45, 7) is 6.06. The van der Waals surface area contributed by atoms with Crippen LogP contribution in [0, 0.1) is 13.8 Å². The van der Waals surface area contributed by atoms with E-state index in [9.17, 15) is 4.79 Å². The molecule has 0 aliphatic rings. The first-order valence-corrected chi connectivity index (χ1v) is 9.15. The SMILES string of the molecule is CCc1nnc(SCC(=O)Nc2ccc(C)cc2C)n1-n1cccc1. The topological polar surface area (TPSA) is 64.7 Å². The van der Waals surface area contributed by atoms with Crippen LogP contribution in [-0.2, 0) is 11.2 Å². The molecule has 25 heavy (non-hydrogen) atoms. The van der Waals surface area contributed by atoms with Crippen molar-refractivity contribution >= 4 is 23.4 Å². The molecule has 0 atom stereocenters. The van der Waals surface area contributed by atoms with Crippen molar-refractivity contribution in [2.45, 2.75) is 32.3 Å². The summed E-state index contributed by atoms with van der Waals surface area (Å²) in [5.41, 5.74) is 3.08. The number of hydrogen-bond donors (Lipinski definition) is 1. The highest BCUT2D eigenvalue weighted by Gasteiger charge is 2.14. The first-order chi connectivity index (χ1) is 12.1. The molecule has 0 unspecified atom stereocenters. The van der Waals surface area contributed by atoms with Gasteiger partial charge in [0, 0.05) is 24.5 Å². The number of nitrogens with zero attached hydrogens (tertiary/aromatic N) is 4. The Morgan fingerprint density at radius 1 is 1.20 bits per heavy atom. The maximum absolute atomic E-state index is 12.3. The van der Waals surface area contributed by atoms with Crippen molar-refractivity contribution in [2.75, 3.05) is 11.1 Å². The van der Waals surface area contributed by atoms with Crippen LogP contribution in [0.25, 0.3) is 0 Å². The van der Waals surface area contributed by atoms with Crippen molar-refractivity contribution in [1.29, 1.82) is 0 Å². The molecule has 1 aromatic carbocycles. The van der Waals surface area contributed by atoms with Crippen LogP contribution in [0.5, 0.6) is 0 Å². The zero-order valence-corrected chi connectivity index (χ0v) is 15.4. The summed E-state index contributed by atoms with van der Waals surface area (Å²) in [5.74, 6) is 1.07. The van der Waals surface area contributed by atoms with E-state index in [4.69, 9.17) is 0 Å². The van der Waals surface area contributed by atoms with Crippen molar-refractivity contribution in [3.8, 4) is 0 Å². The largest absolute Gasteiger partial charge is 0.325 e. The molecule has 2 heterocycles. The van der Waals surface area contributed by atoms with Gasteiger partial charge in [0.15, 0.2) is 5.82 Å². The lowest BCUT2D eigenvalue weighted by Gasteiger charge is -2.11. The lowest BCUT2D eigenvalue weighted by molar-refractivity contribution is -0.113. The molecule has 1 N–H and O–H groups in total. The van der Waals surface area contributed by atoms with E-state index in [0.717, 1.165) is 23.5 Å². The van der Waals surface area contributed by atoms with Gasteiger partial charge in [0.25, 0.3) is 0 Å². The molecule has 2 aromatic heterocycles. The van der Waals surface area contributed by atoms with Gasteiger partial charge in [0.05, 0.1) is 5.75 Å². The molecular formula is C18H21N5OS. The number of amides is 1. The van der Waals surface area contributed by atoms with Crippen molar-refractivity contribution in [3.63, 3.8) is 0 Å². The minimum Gasteiger partial charge on any atom is -0.325 e. The molecule has 3 aromatic rings. The summed E-state index contributed by atoms with van der Waals surface area (Å²) >= 11 is 1.37. The second-order valence-electron chi connectivity index (χ2n) is 5.78. The van der Waals surface area contributed by atoms with Crippen LogP contribution in [0.4, 0.5) is 5.69 Å². The minimum absolute atomic E-state index is 0.0583. The highest BCUT2D eigenvalue weighted by Crippen LogP contribution is 2.20. The van der Waals surface area contributed by atoms with Crippen molar-refractivity contribution in [1.82, 2.24) is 19.5 Å². The van der Waals surface area contributed by atoms with Gasteiger partial charge in [-0.1, -0.05) is 36.4 Å². The van der Waals surface area contributed by atoms with Gasteiger partial charge in [-0.05, 0) is 37.6 Å². The first kappa shape index (κ1) is 17.3. The summed E-state index contributed by atoms with van der Waals surface area (Å²) in [6, 6.07) is 9.87. The van der Waals surface area contributed by atoms with E-state index in [0.29, 0.717) is 5.16 Å². The average molecular weight is 355 g/mol. The van der Waals surface area contributed by atoms with Gasteiger partial charge in [0.2, 0.25) is 11.1 Å². The second kappa shape index (κ2) is 7.57. The number of benzene rings is 1. The van der Waals surface area contributed by atoms with E-state index in [1.165, 1.54) is 17.3 Å². The van der Waals surface area contributed by atoms with Crippen LogP contribution in [0.3, 0.4) is 0 Å². The normalized spacial score (nSPS) is 10.8. The number of nitrogens with one attached hydrogen (secondary N) is 1. The Labute approximate surface area is 151 Å². The molecule has 7 heteroatoms. The number of thioether (sulfide) groups is 1. The number of hydrogen-bond acceptors (Lipinski definition) is 4. The van der Waals surface area contributed by atoms with Gasteiger partial charge < -0.3 is 5.32 Å². The predicted molar refractivity (Wildman–Crippen MR) is 99.9 cm³/mol. The standard InChI is InChI=1S/C18H21N5OS/c1-4-16-20-21-18(23(16)22-9-5-6-10-22)25-12-17(24)19-15-8-7-13(2)11-14(15)3/h5-11H,4,12H2,1-3H3,(H,19,24). The van der Waals surface area contributed by atoms with Gasteiger partial charge in [-0.25, -0.2) is 4.68 Å². The fourth-order valence-corrected chi connectivity index (χ4v) is 3.32. The van der Waals surface area contributed by atoms with E-state index >= 15 is 0 Å². The number of carbonyl (C=O) groups excluding carboxylic acids is 1. The fourth-order valence-electron chi connectivity index (χ4n) is 2.57. The third-order valence-corrected chi connectivity index (χ3v) is 4.72. The monoisotopic (exact) mass is 355 g/mol. The van der Waals surface area contributed by atoms with Crippen LogP contribution in [0.2, 0.25) is 0 Å². The molecule has 3 rings (SSSR count). The molecule has 6 nitrogen and oxygen atoms in total. The third kappa shape index (κ3) is 3.93. The Morgan fingerprint density at radius 3 is 2.64 bits per heavy atom. The molecule has 130 valence electrons. The molecule has 0 aliphatic heterocycles. The number of anilines is 1. The molecule has 0 fully saturated rings. The Morgan fingerprint density at radius 2 is 1.96 bits per heavy atom. The van der Waals surface area contributed by atoms with Gasteiger partial charge in [-0.2, -0.15) is 0 Å². The second-order valence-corrected chi connectivity index (χ2v) is 6.72. The van der Waals surface area contributed by atoms with E-state index in [2.05, 4.69) is 21.6 Å². The van der Waals surface area contributed by atoms with Crippen molar-refractivity contribution in [2.24, 2.45) is 0 Å². The Kier molecular flexibility index (Phi) is 5.23. The third-order valence-electron chi connectivity index (χ3n) is 3.80. The molecule has 1 amide bonds. The summed E-state index contributed by atoms with van der Waals surface area (Å²) in [6.07, 6.45) is 4.63. The molecule has 0 bridgehead atoms. The number of rotatable bonds is 6. The van der Waals surface area contributed by atoms with E-state index in [1.807, 2.05) is 66.8 Å². The van der Waals surface area contributed by atoms with Gasteiger partial charge in [0.1, 0.15) is 0 Å². The van der Waals surface area contributed by atoms with Crippen LogP contribution in [-0.4, -0.2) is 31.2 Å². The number of carbonyl (C=O) groups is 1. The summed E-state index contributed by atoms with van der Waals surface area (Å²) in [7, 11) is 0. The average Bonchev–Trinajstić information content (AvgIpc) is 3.24. The van der Waals surface area contributed by atoms with Crippen LogP contribution in [0.15, 0.2) is 47.9 Å². The van der Waals surface area contributed by atoms with Gasteiger partial charge >= 0.3 is 0 Å². The minimum atomic E-state index is -0.0583. The Hall–Kier alpha value is -2.54. The highest BCUT2D eigenvalue weighted by molar-refractivity contribution is 7.99. The predicted octanol–water partition coefficient (Wildman–Crippen LogP) is 3.30. The molecule has 0 spiro atoms. The van der Waals surface area contributed by atoms with E-state index in [-0.39, 0.29) is 11.7 Å². The van der Waals surface area contributed by atoms with E-state index in [1.54, 1.807) is 0 Å². The summed E-state index contributed by atoms with van der Waals surface area (Å²) < 4.78 is 3.85. The van der Waals surface area contributed by atoms with Gasteiger partial charge in [-0.15, -0.1) is 10.2 Å². The zero-order valence-electron chi connectivity index (χ0n) is 14.6. The quantitative estimate of drug-likeness (QED) is 0.689. The van der Waals surface area contributed by atoms with Crippen LogP contribution >= 0.6 is 11.8 Å². The summed E-state index contributed by atoms with van der Waals surface area (Å²) in [5, 5.41) is 12.1. The lowest BCUT2D eigenvalue weighted by Crippen LogP contribution is -2.16. The number of aryl methyl sites for hydroxylation is 3. The Bertz CT molecular complexity index is 870. The smallest absolute Gasteiger partial charge is 0.234 e. The highest BCUT2D eigenvalue weighted by atomic mass is 32.2. The maximum Gasteiger partial charge on any atom is 0.234 e. The van der Waals surface area contributed by atoms with Crippen molar-refractivity contribution < 1.29 is 4.79 Å². The van der Waals surface area contributed by atoms with E-state index < -0.39 is 0 Å². The fraction of sp³-hybridized carbons (Fsp3) is 0.278. The molecular weight excluding hydrogens is 334 g/mol. The Balaban J connectivity index is 1.69. The molecule has 0 saturated carbocycles. The molecule has 0 aliphatic carbocycles. The van der Waals surface area contributed by atoms with Crippen LogP contribution in [0.1, 0.15) is 23.9 Å². The van der Waals surface area contributed by atoms with Crippen LogP contribution < -0.4 is 5.32 Å². The molecule has 0 radical (unpaired) electrons.